The van der Waals surface area contributed by atoms with Crippen LogP contribution in [0.3, 0.4) is 0 Å². The molecule has 4 saturated carbocycles. The molecular weight excluding hydrogens is 208 g/mol. The third-order valence-electron chi connectivity index (χ3n) is 6.19. The van der Waals surface area contributed by atoms with Crippen LogP contribution in [-0.4, -0.2) is 22.2 Å². The fourth-order valence-electron chi connectivity index (χ4n) is 6.06. The molecule has 0 aromatic carbocycles. The van der Waals surface area contributed by atoms with Gasteiger partial charge in [-0.25, -0.2) is 9.59 Å². The maximum Gasteiger partial charge on any atom is 0.332 e. The Morgan fingerprint density at radius 3 is 1.25 bits per heavy atom. The second-order valence-corrected chi connectivity index (χ2v) is 5.95. The summed E-state index contributed by atoms with van der Waals surface area (Å²) < 4.78 is 0. The Labute approximate surface area is 90.9 Å². The summed E-state index contributed by atoms with van der Waals surface area (Å²) in [6, 6.07) is 0. The van der Waals surface area contributed by atoms with Crippen molar-refractivity contribution < 1.29 is 19.8 Å². The lowest BCUT2D eigenvalue weighted by molar-refractivity contribution is -0.430. The first-order valence-corrected chi connectivity index (χ1v) is 5.85. The first-order chi connectivity index (χ1) is 7.64. The molecule has 6 aliphatic rings. The van der Waals surface area contributed by atoms with Crippen molar-refractivity contribution in [2.45, 2.75) is 0 Å². The Kier molecular flexibility index (Phi) is 0.900. The highest BCUT2D eigenvalue weighted by Gasteiger charge is 2.90. The first kappa shape index (κ1) is 7.87. The molecule has 4 nitrogen and oxygen atoms in total. The fraction of sp³-hybridized carbons (Fsp3) is 0.667. The topological polar surface area (TPSA) is 74.6 Å². The summed E-state index contributed by atoms with van der Waals surface area (Å²) in [5.74, 6) is 1.94. The van der Waals surface area contributed by atoms with E-state index in [0.29, 0.717) is 23.7 Å². The largest absolute Gasteiger partial charge is 0.478 e. The molecule has 16 heavy (non-hydrogen) atoms. The predicted octanol–water partition coefficient (Wildman–Crippen LogP) is 0.450. The van der Waals surface area contributed by atoms with E-state index in [1.54, 1.807) is 0 Å². The van der Waals surface area contributed by atoms with Crippen LogP contribution in [0.1, 0.15) is 0 Å². The van der Waals surface area contributed by atoms with Gasteiger partial charge in [0, 0.05) is 0 Å². The van der Waals surface area contributed by atoms with Crippen LogP contribution in [0, 0.1) is 47.3 Å². The normalized spacial score (nSPS) is 61.2. The van der Waals surface area contributed by atoms with Crippen LogP contribution < -0.4 is 0 Å². The van der Waals surface area contributed by atoms with E-state index in [4.69, 9.17) is 0 Å². The number of carboxylic acids is 2. The van der Waals surface area contributed by atoms with E-state index < -0.39 is 11.9 Å². The lowest BCUT2D eigenvalue weighted by Crippen LogP contribution is -2.90. The third-order valence-corrected chi connectivity index (χ3v) is 6.19. The van der Waals surface area contributed by atoms with Crippen molar-refractivity contribution >= 4 is 11.9 Å². The van der Waals surface area contributed by atoms with Gasteiger partial charge in [0.2, 0.25) is 0 Å². The van der Waals surface area contributed by atoms with E-state index in [9.17, 15) is 19.8 Å². The zero-order chi connectivity index (χ0) is 10.9. The Balaban J connectivity index is 1.76. The van der Waals surface area contributed by atoms with Crippen LogP contribution >= 0.6 is 0 Å². The Hall–Kier alpha value is -1.32. The van der Waals surface area contributed by atoms with Gasteiger partial charge in [0.05, 0.1) is 11.1 Å². The van der Waals surface area contributed by atoms with Crippen molar-refractivity contribution in [2.75, 3.05) is 0 Å². The standard InChI is InChI=1S/C12H10O4/c13-11(14)9-7-3-1-2-5(3)8(6(2)4(1)7)10(9)12(15)16/h1-8H,(H,13,14)(H,15,16). The Morgan fingerprint density at radius 2 is 1.00 bits per heavy atom. The summed E-state index contributed by atoms with van der Waals surface area (Å²) in [4.78, 5) is 22.5. The molecule has 4 heteroatoms. The Morgan fingerprint density at radius 1 is 0.688 bits per heavy atom. The fourth-order valence-corrected chi connectivity index (χ4v) is 6.06. The highest BCUT2D eigenvalue weighted by atomic mass is 16.4. The van der Waals surface area contributed by atoms with Crippen molar-refractivity contribution in [3.8, 4) is 0 Å². The van der Waals surface area contributed by atoms with Crippen LogP contribution in [0.5, 0.6) is 0 Å². The van der Waals surface area contributed by atoms with Crippen molar-refractivity contribution in [1.29, 1.82) is 0 Å². The number of hydrogen-bond donors (Lipinski definition) is 2. The molecule has 0 amide bonds. The predicted molar refractivity (Wildman–Crippen MR) is 50.2 cm³/mol. The van der Waals surface area contributed by atoms with Gasteiger partial charge >= 0.3 is 11.9 Å². The molecule has 0 radical (unpaired) electrons. The van der Waals surface area contributed by atoms with E-state index >= 15 is 0 Å². The molecule has 4 fully saturated rings. The minimum atomic E-state index is -0.988. The summed E-state index contributed by atoms with van der Waals surface area (Å²) in [5, 5.41) is 18.4. The van der Waals surface area contributed by atoms with Gasteiger partial charge in [0.1, 0.15) is 0 Å². The van der Waals surface area contributed by atoms with Gasteiger partial charge in [0.25, 0.3) is 0 Å². The third kappa shape index (κ3) is 0.440. The van der Waals surface area contributed by atoms with Crippen LogP contribution in [0.25, 0.3) is 0 Å². The summed E-state index contributed by atoms with van der Waals surface area (Å²) in [6.45, 7) is 0. The van der Waals surface area contributed by atoms with E-state index in [1.807, 2.05) is 0 Å². The molecule has 4 atom stereocenters. The van der Waals surface area contributed by atoms with Crippen LogP contribution in [0.4, 0.5) is 0 Å². The lowest BCUT2D eigenvalue weighted by Gasteiger charge is -2.92. The number of aliphatic carboxylic acids is 2. The molecule has 6 rings (SSSR count). The van der Waals surface area contributed by atoms with Crippen molar-refractivity contribution in [3.63, 3.8) is 0 Å². The molecule has 2 N–H and O–H groups in total. The van der Waals surface area contributed by atoms with Gasteiger partial charge in [-0.3, -0.25) is 0 Å². The molecule has 0 aliphatic heterocycles. The summed E-state index contributed by atoms with van der Waals surface area (Å²) in [7, 11) is 0. The maximum absolute atomic E-state index is 11.2. The Bertz CT molecular complexity index is 453. The SMILES string of the molecule is O=C(O)C1=C(C(=O)O)C2C3C4C1C1C2C3C41. The van der Waals surface area contributed by atoms with E-state index in [0.717, 1.165) is 11.8 Å². The molecule has 0 spiro atoms. The van der Waals surface area contributed by atoms with E-state index in [-0.39, 0.29) is 23.0 Å². The van der Waals surface area contributed by atoms with Gasteiger partial charge in [-0.2, -0.15) is 0 Å². The van der Waals surface area contributed by atoms with Crippen LogP contribution in [0.2, 0.25) is 0 Å². The van der Waals surface area contributed by atoms with E-state index in [2.05, 4.69) is 0 Å². The van der Waals surface area contributed by atoms with Gasteiger partial charge < -0.3 is 10.2 Å². The highest BCUT2D eigenvalue weighted by molar-refractivity contribution is 6.01. The molecule has 0 saturated heterocycles. The van der Waals surface area contributed by atoms with Gasteiger partial charge in [-0.15, -0.1) is 0 Å². The second-order valence-electron chi connectivity index (χ2n) is 5.95. The zero-order valence-corrected chi connectivity index (χ0v) is 8.33. The minimum Gasteiger partial charge on any atom is -0.478 e. The molecule has 0 aromatic heterocycles. The average Bonchev–Trinajstić information content (AvgIpc) is 2.15. The van der Waals surface area contributed by atoms with Gasteiger partial charge in [-0.1, -0.05) is 0 Å². The van der Waals surface area contributed by atoms with Crippen LogP contribution in [0.15, 0.2) is 11.1 Å². The monoisotopic (exact) mass is 218 g/mol. The second kappa shape index (κ2) is 1.83. The molecule has 2 bridgehead atoms. The first-order valence-electron chi connectivity index (χ1n) is 5.85. The summed E-state index contributed by atoms with van der Waals surface area (Å²) in [6.07, 6.45) is 0. The van der Waals surface area contributed by atoms with E-state index in [1.165, 1.54) is 0 Å². The smallest absolute Gasteiger partial charge is 0.332 e. The summed E-state index contributed by atoms with van der Waals surface area (Å²) in [5.41, 5.74) is 0.517. The van der Waals surface area contributed by atoms with Gasteiger partial charge in [-0.05, 0) is 47.3 Å². The molecule has 6 aliphatic carbocycles. The molecule has 4 unspecified atom stereocenters. The zero-order valence-electron chi connectivity index (χ0n) is 8.33. The molecule has 0 aromatic rings. The minimum absolute atomic E-state index is 0.0959. The number of carbonyl (C=O) groups is 2. The van der Waals surface area contributed by atoms with Crippen LogP contribution in [-0.2, 0) is 9.59 Å². The number of carboxylic acid groups (broad SMARTS) is 2. The number of hydrogen-bond acceptors (Lipinski definition) is 2. The van der Waals surface area contributed by atoms with Crippen molar-refractivity contribution in [1.82, 2.24) is 0 Å². The number of rotatable bonds is 2. The lowest BCUT2D eigenvalue weighted by atomic mass is 9.11. The summed E-state index contributed by atoms with van der Waals surface area (Å²) >= 11 is 0. The van der Waals surface area contributed by atoms with Gasteiger partial charge in [0.15, 0.2) is 0 Å². The highest BCUT2D eigenvalue weighted by Crippen LogP contribution is 2.92. The quantitative estimate of drug-likeness (QED) is 0.705. The maximum atomic E-state index is 11.2. The molecule has 82 valence electrons. The average molecular weight is 218 g/mol. The molecule has 0 heterocycles. The van der Waals surface area contributed by atoms with Crippen molar-refractivity contribution in [3.05, 3.63) is 11.1 Å². The van der Waals surface area contributed by atoms with Crippen molar-refractivity contribution in [2.24, 2.45) is 47.3 Å². The molecular formula is C12H10O4.